The molecule has 3 nitrogen and oxygen atoms in total. The van der Waals surface area contributed by atoms with Crippen LogP contribution in [0.25, 0.3) is 89.1 Å². The summed E-state index contributed by atoms with van der Waals surface area (Å²) in [6.45, 7) is 2.19. The van der Waals surface area contributed by atoms with Crippen LogP contribution in [0.3, 0.4) is 0 Å². The second-order valence-electron chi connectivity index (χ2n) is 18.1. The molecule has 0 saturated heterocycles. The first-order chi connectivity index (χ1) is 33.1. The monoisotopic (exact) mass is 857 g/mol. The van der Waals surface area contributed by atoms with E-state index in [1.54, 1.807) is 0 Å². The average molecular weight is 858 g/mol. The van der Waals surface area contributed by atoms with E-state index < -0.39 is 0 Å². The summed E-state index contributed by atoms with van der Waals surface area (Å²) >= 11 is 0. The van der Waals surface area contributed by atoms with E-state index in [0.29, 0.717) is 0 Å². The van der Waals surface area contributed by atoms with Gasteiger partial charge in [0.05, 0.1) is 16.6 Å². The van der Waals surface area contributed by atoms with Gasteiger partial charge in [-0.25, -0.2) is 0 Å². The number of para-hydroxylation sites is 3. The average Bonchev–Trinajstić information content (AvgIpc) is 4.01. The topological polar surface area (TPSA) is 21.9 Å². The number of fused-ring (bicyclic) bond motifs is 9. The van der Waals surface area contributed by atoms with Crippen molar-refractivity contribution < 1.29 is 0 Å². The molecule has 0 unspecified atom stereocenters. The maximum atomic E-state index is 3.91. The molecule has 0 aliphatic heterocycles. The van der Waals surface area contributed by atoms with E-state index in [4.69, 9.17) is 0 Å². The third-order valence-corrected chi connectivity index (χ3v) is 14.2. The van der Waals surface area contributed by atoms with Gasteiger partial charge in [0.15, 0.2) is 0 Å². The third kappa shape index (κ3) is 6.57. The zero-order valence-electron chi connectivity index (χ0n) is 37.4. The second-order valence-corrected chi connectivity index (χ2v) is 18.1. The van der Waals surface area contributed by atoms with Crippen LogP contribution in [-0.4, -0.2) is 9.13 Å². The summed E-state index contributed by atoms with van der Waals surface area (Å²) < 4.78 is 4.93. The van der Waals surface area contributed by atoms with Gasteiger partial charge in [0, 0.05) is 55.7 Å². The molecule has 67 heavy (non-hydrogen) atoms. The van der Waals surface area contributed by atoms with Gasteiger partial charge in [-0.2, -0.15) is 0 Å². The number of nitrogens with zero attached hydrogens (tertiary/aromatic N) is 2. The minimum absolute atomic E-state index is 0.841. The first-order valence-corrected chi connectivity index (χ1v) is 23.5. The van der Waals surface area contributed by atoms with E-state index in [9.17, 15) is 0 Å². The molecule has 2 aliphatic carbocycles. The fourth-order valence-corrected chi connectivity index (χ4v) is 11.0. The smallest absolute Gasteiger partial charge is 0.0543 e. The number of benzene rings is 9. The molecule has 0 spiro atoms. The lowest BCUT2D eigenvalue weighted by atomic mass is 9.95. The molecule has 2 aliphatic rings. The highest BCUT2D eigenvalue weighted by molar-refractivity contribution is 6.11. The van der Waals surface area contributed by atoms with Crippen LogP contribution in [0.2, 0.25) is 0 Å². The molecule has 9 aromatic carbocycles. The predicted molar refractivity (Wildman–Crippen MR) is 282 cm³/mol. The highest BCUT2D eigenvalue weighted by Crippen LogP contribution is 2.45. The summed E-state index contributed by atoms with van der Waals surface area (Å²) in [6.07, 6.45) is 7.54. The standard InChI is InChI=1S/C64H47N3/c1-42-16-8-9-21-49(42)55-26-14-15-27-60(55)65-46-32-37-63-59(41-46)58-40-45(31-36-62(58)66(63)47-17-4-2-5-18-47)44-30-35-61-57(39-44)56-34-29-43(38-64(56)67(61)48-19-6-3-7-20-48)28-33-54-52-24-12-10-22-50(52)51-23-11-13-25-53(51)54/h2-27,29-31,33-36,38-41,65H,28,32,37H2,1H3. The van der Waals surface area contributed by atoms with Gasteiger partial charge < -0.3 is 14.5 Å². The Morgan fingerprint density at radius 2 is 1.01 bits per heavy atom. The molecule has 1 N–H and O–H groups in total. The lowest BCUT2D eigenvalue weighted by molar-refractivity contribution is 0.859. The first kappa shape index (κ1) is 39.0. The van der Waals surface area contributed by atoms with Crippen LogP contribution in [-0.2, 0) is 12.8 Å². The molecule has 2 aromatic heterocycles. The van der Waals surface area contributed by atoms with Crippen molar-refractivity contribution in [2.45, 2.75) is 26.2 Å². The van der Waals surface area contributed by atoms with Crippen LogP contribution in [0, 0.1) is 6.92 Å². The first-order valence-electron chi connectivity index (χ1n) is 23.5. The second kappa shape index (κ2) is 15.9. The fourth-order valence-electron chi connectivity index (χ4n) is 11.0. The van der Waals surface area contributed by atoms with Crippen molar-refractivity contribution in [3.05, 3.63) is 258 Å². The van der Waals surface area contributed by atoms with Crippen LogP contribution in [0.1, 0.15) is 39.9 Å². The summed E-state index contributed by atoms with van der Waals surface area (Å²) in [7, 11) is 0. The van der Waals surface area contributed by atoms with Crippen LogP contribution in [0.15, 0.2) is 224 Å². The molecule has 318 valence electrons. The fraction of sp³-hybridized carbons (Fsp3) is 0.0625. The van der Waals surface area contributed by atoms with Crippen molar-refractivity contribution in [1.82, 2.24) is 9.13 Å². The summed E-state index contributed by atoms with van der Waals surface area (Å²) in [5.41, 5.74) is 25.1. The maximum absolute atomic E-state index is 3.91. The largest absolute Gasteiger partial charge is 0.358 e. The minimum Gasteiger partial charge on any atom is -0.358 e. The third-order valence-electron chi connectivity index (χ3n) is 14.2. The van der Waals surface area contributed by atoms with Crippen molar-refractivity contribution >= 4 is 50.0 Å². The van der Waals surface area contributed by atoms with Crippen LogP contribution >= 0.6 is 0 Å². The Labute approximate surface area is 391 Å². The van der Waals surface area contributed by atoms with Gasteiger partial charge in [-0.05, 0) is 149 Å². The number of nitrogens with one attached hydrogen (secondary N) is 1. The lowest BCUT2D eigenvalue weighted by Gasteiger charge is -2.20. The number of aryl methyl sites for hydroxylation is 1. The Morgan fingerprint density at radius 1 is 0.448 bits per heavy atom. The normalized spacial score (nSPS) is 12.9. The van der Waals surface area contributed by atoms with Crippen molar-refractivity contribution in [2.75, 3.05) is 5.32 Å². The van der Waals surface area contributed by atoms with Crippen LogP contribution in [0.5, 0.6) is 0 Å². The Balaban J connectivity index is 0.917. The Bertz CT molecular complexity index is 3760. The highest BCUT2D eigenvalue weighted by Gasteiger charge is 2.24. The quantitative estimate of drug-likeness (QED) is 0.162. The van der Waals surface area contributed by atoms with E-state index in [1.165, 1.54) is 117 Å². The number of anilines is 1. The molecule has 11 aromatic rings. The van der Waals surface area contributed by atoms with E-state index in [-0.39, 0.29) is 0 Å². The van der Waals surface area contributed by atoms with Crippen molar-refractivity contribution in [3.8, 4) is 44.8 Å². The van der Waals surface area contributed by atoms with Crippen LogP contribution < -0.4 is 5.32 Å². The summed E-state index contributed by atoms with van der Waals surface area (Å²) in [4.78, 5) is 0. The van der Waals surface area contributed by atoms with E-state index in [2.05, 4.69) is 246 Å². The zero-order chi connectivity index (χ0) is 44.4. The molecule has 3 heteroatoms. The van der Waals surface area contributed by atoms with Gasteiger partial charge in [0.1, 0.15) is 0 Å². The Morgan fingerprint density at radius 3 is 1.70 bits per heavy atom. The molecule has 0 saturated carbocycles. The van der Waals surface area contributed by atoms with Crippen molar-refractivity contribution in [3.63, 3.8) is 0 Å². The SMILES string of the molecule is Cc1ccccc1-c1ccccc1NC1=Cc2c(n(-c3ccccc3)c3ccc(-c4ccc5c(c4)c4ccc(CC=C6c7ccccc7-c7ccccc76)cc4n5-c4ccccc4)cc23)CC1. The van der Waals surface area contributed by atoms with E-state index in [0.717, 1.165) is 30.6 Å². The molecule has 0 radical (unpaired) electrons. The van der Waals surface area contributed by atoms with Gasteiger partial charge in [0.2, 0.25) is 0 Å². The number of aromatic nitrogens is 2. The zero-order valence-corrected chi connectivity index (χ0v) is 37.4. The van der Waals surface area contributed by atoms with E-state index in [1.807, 2.05) is 0 Å². The van der Waals surface area contributed by atoms with E-state index >= 15 is 0 Å². The number of hydrogen-bond acceptors (Lipinski definition) is 1. The van der Waals surface area contributed by atoms with Crippen LogP contribution in [0.4, 0.5) is 5.69 Å². The molecule has 2 heterocycles. The Kier molecular flexibility index (Phi) is 9.28. The Hall–Kier alpha value is -8.40. The number of hydrogen-bond donors (Lipinski definition) is 1. The van der Waals surface area contributed by atoms with Gasteiger partial charge in [-0.1, -0.05) is 158 Å². The number of allylic oxidation sites excluding steroid dienone is 2. The minimum atomic E-state index is 0.841. The molecule has 0 atom stereocenters. The maximum Gasteiger partial charge on any atom is 0.0543 e. The lowest BCUT2D eigenvalue weighted by Crippen LogP contribution is -2.10. The summed E-state index contributed by atoms with van der Waals surface area (Å²) in [5.74, 6) is 0. The summed E-state index contributed by atoms with van der Waals surface area (Å²) in [5, 5.41) is 7.68. The highest BCUT2D eigenvalue weighted by atomic mass is 15.0. The molecular weight excluding hydrogens is 811 g/mol. The predicted octanol–water partition coefficient (Wildman–Crippen LogP) is 16.4. The van der Waals surface area contributed by atoms with Crippen molar-refractivity contribution in [1.29, 1.82) is 0 Å². The summed E-state index contributed by atoms with van der Waals surface area (Å²) in [6, 6.07) is 77.9. The molecule has 0 bridgehead atoms. The molecule has 0 amide bonds. The molecule has 13 rings (SSSR count). The van der Waals surface area contributed by atoms with Gasteiger partial charge in [0.25, 0.3) is 0 Å². The van der Waals surface area contributed by atoms with Gasteiger partial charge in [-0.3, -0.25) is 0 Å². The number of rotatable bonds is 8. The molecular formula is C64H47N3. The van der Waals surface area contributed by atoms with Gasteiger partial charge in [-0.15, -0.1) is 0 Å². The molecule has 0 fully saturated rings. The van der Waals surface area contributed by atoms with Gasteiger partial charge >= 0.3 is 0 Å². The van der Waals surface area contributed by atoms with Crippen molar-refractivity contribution in [2.24, 2.45) is 0 Å².